The van der Waals surface area contributed by atoms with Crippen LogP contribution < -0.4 is 15.4 Å². The highest BCUT2D eigenvalue weighted by Gasteiger charge is 2.08. The third kappa shape index (κ3) is 4.24. The molecule has 7 heteroatoms. The largest absolute Gasteiger partial charge is 0.492 e. The number of nitrogens with zero attached hydrogens (tertiary/aromatic N) is 2. The molecular weight excluding hydrogens is 338 g/mol. The van der Waals surface area contributed by atoms with Gasteiger partial charge in [-0.25, -0.2) is 13.8 Å². The third-order valence-corrected chi connectivity index (χ3v) is 3.48. The van der Waals surface area contributed by atoms with Gasteiger partial charge in [0.05, 0.1) is 12.3 Å². The monoisotopic (exact) mass is 356 g/mol. The maximum Gasteiger partial charge on any atom is 0.229 e. The van der Waals surface area contributed by atoms with Crippen molar-refractivity contribution in [2.24, 2.45) is 0 Å². The quantitative estimate of drug-likeness (QED) is 0.654. The zero-order chi connectivity index (χ0) is 18.5. The molecule has 0 saturated heterocycles. The van der Waals surface area contributed by atoms with E-state index in [-0.39, 0.29) is 5.95 Å². The molecule has 1 heterocycles. The van der Waals surface area contributed by atoms with E-state index < -0.39 is 11.6 Å². The minimum Gasteiger partial charge on any atom is -0.492 e. The molecule has 0 saturated carbocycles. The normalized spacial score (nSPS) is 10.5. The zero-order valence-corrected chi connectivity index (χ0v) is 14.4. The van der Waals surface area contributed by atoms with Gasteiger partial charge in [0.15, 0.2) is 11.6 Å². The van der Waals surface area contributed by atoms with Gasteiger partial charge in [-0.1, -0.05) is 12.1 Å². The van der Waals surface area contributed by atoms with Crippen molar-refractivity contribution in [2.75, 3.05) is 17.2 Å². The number of aryl methyl sites for hydroxylation is 1. The zero-order valence-electron chi connectivity index (χ0n) is 14.4. The Morgan fingerprint density at radius 3 is 2.54 bits per heavy atom. The van der Waals surface area contributed by atoms with Crippen LogP contribution in [0.15, 0.2) is 48.5 Å². The van der Waals surface area contributed by atoms with E-state index in [4.69, 9.17) is 4.74 Å². The second kappa shape index (κ2) is 7.77. The molecule has 2 aromatic carbocycles. The molecule has 0 spiro atoms. The minimum atomic E-state index is -0.938. The SMILES string of the molecule is CCOc1ccccc1Nc1cc(C)nc(Nc2ccc(F)c(F)c2)n1. The first kappa shape index (κ1) is 17.6. The summed E-state index contributed by atoms with van der Waals surface area (Å²) in [7, 11) is 0. The molecule has 0 bridgehead atoms. The fourth-order valence-electron chi connectivity index (χ4n) is 2.38. The summed E-state index contributed by atoms with van der Waals surface area (Å²) in [4.78, 5) is 8.64. The summed E-state index contributed by atoms with van der Waals surface area (Å²) in [6.45, 7) is 4.28. The van der Waals surface area contributed by atoms with Crippen LogP contribution in [-0.4, -0.2) is 16.6 Å². The van der Waals surface area contributed by atoms with E-state index in [9.17, 15) is 8.78 Å². The van der Waals surface area contributed by atoms with Crippen molar-refractivity contribution in [2.45, 2.75) is 13.8 Å². The average Bonchev–Trinajstić information content (AvgIpc) is 2.60. The van der Waals surface area contributed by atoms with Crippen LogP contribution in [0, 0.1) is 18.6 Å². The number of hydrogen-bond donors (Lipinski definition) is 2. The summed E-state index contributed by atoms with van der Waals surface area (Å²) in [5.74, 6) is -0.314. The molecule has 0 aliphatic heterocycles. The molecule has 0 atom stereocenters. The molecule has 0 amide bonds. The molecule has 2 N–H and O–H groups in total. The Balaban J connectivity index is 1.85. The number of anilines is 4. The Morgan fingerprint density at radius 2 is 1.77 bits per heavy atom. The molecule has 0 aliphatic rings. The Hall–Kier alpha value is -3.22. The molecule has 1 aromatic heterocycles. The number of rotatable bonds is 6. The van der Waals surface area contributed by atoms with Gasteiger partial charge in [-0.3, -0.25) is 0 Å². The van der Waals surface area contributed by atoms with Crippen molar-refractivity contribution in [1.82, 2.24) is 9.97 Å². The van der Waals surface area contributed by atoms with E-state index in [1.54, 1.807) is 6.07 Å². The first-order valence-corrected chi connectivity index (χ1v) is 8.12. The van der Waals surface area contributed by atoms with Crippen LogP contribution in [-0.2, 0) is 0 Å². The lowest BCUT2D eigenvalue weighted by Crippen LogP contribution is -2.04. The molecule has 0 radical (unpaired) electrons. The molecular formula is C19H18F2N4O. The van der Waals surface area contributed by atoms with Crippen LogP contribution in [0.5, 0.6) is 5.75 Å². The number of hydrogen-bond acceptors (Lipinski definition) is 5. The summed E-state index contributed by atoms with van der Waals surface area (Å²) in [5.41, 5.74) is 1.84. The third-order valence-electron chi connectivity index (χ3n) is 3.48. The predicted molar refractivity (Wildman–Crippen MR) is 97.3 cm³/mol. The molecule has 3 aromatic rings. The summed E-state index contributed by atoms with van der Waals surface area (Å²) < 4.78 is 32.0. The topological polar surface area (TPSA) is 59.1 Å². The van der Waals surface area contributed by atoms with E-state index in [2.05, 4.69) is 20.6 Å². The van der Waals surface area contributed by atoms with E-state index in [0.717, 1.165) is 17.8 Å². The highest BCUT2D eigenvalue weighted by molar-refractivity contribution is 5.65. The highest BCUT2D eigenvalue weighted by atomic mass is 19.2. The Labute approximate surface area is 150 Å². The first-order valence-electron chi connectivity index (χ1n) is 8.12. The fourth-order valence-corrected chi connectivity index (χ4v) is 2.38. The van der Waals surface area contributed by atoms with Gasteiger partial charge in [0.25, 0.3) is 0 Å². The van der Waals surface area contributed by atoms with Gasteiger partial charge in [0.2, 0.25) is 5.95 Å². The van der Waals surface area contributed by atoms with Crippen LogP contribution in [0.4, 0.5) is 31.9 Å². The van der Waals surface area contributed by atoms with Gasteiger partial charge in [-0.15, -0.1) is 0 Å². The lowest BCUT2D eigenvalue weighted by atomic mass is 10.3. The molecule has 3 rings (SSSR count). The van der Waals surface area contributed by atoms with Crippen molar-refractivity contribution in [3.05, 3.63) is 65.9 Å². The van der Waals surface area contributed by atoms with Crippen molar-refractivity contribution in [3.8, 4) is 5.75 Å². The average molecular weight is 356 g/mol. The lowest BCUT2D eigenvalue weighted by molar-refractivity contribution is 0.342. The lowest BCUT2D eigenvalue weighted by Gasteiger charge is -2.13. The summed E-state index contributed by atoms with van der Waals surface area (Å²) in [5, 5.41) is 6.07. The van der Waals surface area contributed by atoms with Crippen molar-refractivity contribution in [3.63, 3.8) is 0 Å². The first-order chi connectivity index (χ1) is 12.5. The molecule has 134 valence electrons. The van der Waals surface area contributed by atoms with Gasteiger partial charge in [0, 0.05) is 23.5 Å². The van der Waals surface area contributed by atoms with Gasteiger partial charge in [0.1, 0.15) is 11.6 Å². The molecule has 5 nitrogen and oxygen atoms in total. The summed E-state index contributed by atoms with van der Waals surface area (Å²) in [6.07, 6.45) is 0. The number of aromatic nitrogens is 2. The molecule has 0 unspecified atom stereocenters. The summed E-state index contributed by atoms with van der Waals surface area (Å²) >= 11 is 0. The van der Waals surface area contributed by atoms with Gasteiger partial charge in [-0.05, 0) is 38.1 Å². The Bertz CT molecular complexity index is 918. The van der Waals surface area contributed by atoms with E-state index in [1.165, 1.54) is 6.07 Å². The predicted octanol–water partition coefficient (Wildman–Crippen LogP) is 4.95. The standard InChI is InChI=1S/C19H18F2N4O/c1-3-26-17-7-5-4-6-16(17)24-18-10-12(2)22-19(25-18)23-13-8-9-14(20)15(21)11-13/h4-11H,3H2,1-2H3,(H2,22,23,24,25). The van der Waals surface area contributed by atoms with E-state index in [1.807, 2.05) is 38.1 Å². The Morgan fingerprint density at radius 1 is 0.962 bits per heavy atom. The minimum absolute atomic E-state index is 0.271. The molecule has 0 fully saturated rings. The van der Waals surface area contributed by atoms with Crippen LogP contribution in [0.25, 0.3) is 0 Å². The van der Waals surface area contributed by atoms with Crippen LogP contribution in [0.1, 0.15) is 12.6 Å². The van der Waals surface area contributed by atoms with E-state index in [0.29, 0.717) is 29.6 Å². The highest BCUT2D eigenvalue weighted by Crippen LogP contribution is 2.27. The maximum absolute atomic E-state index is 13.4. The van der Waals surface area contributed by atoms with Crippen molar-refractivity contribution < 1.29 is 13.5 Å². The fraction of sp³-hybridized carbons (Fsp3) is 0.158. The maximum atomic E-state index is 13.4. The van der Waals surface area contributed by atoms with Gasteiger partial charge in [-0.2, -0.15) is 4.98 Å². The number of nitrogens with one attached hydrogen (secondary N) is 2. The number of ether oxygens (including phenoxy) is 1. The summed E-state index contributed by atoms with van der Waals surface area (Å²) in [6, 6.07) is 12.8. The van der Waals surface area contributed by atoms with Crippen molar-refractivity contribution >= 4 is 23.1 Å². The number of para-hydroxylation sites is 2. The van der Waals surface area contributed by atoms with Crippen LogP contribution >= 0.6 is 0 Å². The molecule has 0 aliphatic carbocycles. The second-order valence-electron chi connectivity index (χ2n) is 5.53. The number of halogens is 2. The second-order valence-corrected chi connectivity index (χ2v) is 5.53. The smallest absolute Gasteiger partial charge is 0.229 e. The Kier molecular flexibility index (Phi) is 5.26. The molecule has 26 heavy (non-hydrogen) atoms. The van der Waals surface area contributed by atoms with E-state index >= 15 is 0 Å². The van der Waals surface area contributed by atoms with Crippen LogP contribution in [0.3, 0.4) is 0 Å². The van der Waals surface area contributed by atoms with Crippen LogP contribution in [0.2, 0.25) is 0 Å². The van der Waals surface area contributed by atoms with Crippen molar-refractivity contribution in [1.29, 1.82) is 0 Å². The number of benzene rings is 2. The van der Waals surface area contributed by atoms with Gasteiger partial charge >= 0.3 is 0 Å². The van der Waals surface area contributed by atoms with Gasteiger partial charge < -0.3 is 15.4 Å².